The van der Waals surface area contributed by atoms with Gasteiger partial charge in [0.2, 0.25) is 0 Å². The minimum atomic E-state index is -1.06. The van der Waals surface area contributed by atoms with Crippen LogP contribution in [-0.4, -0.2) is 50.3 Å². The maximum atomic E-state index is 10.7. The number of nitrogens with one attached hydrogen (secondary N) is 2. The highest BCUT2D eigenvalue weighted by Crippen LogP contribution is 2.19. The van der Waals surface area contributed by atoms with Crippen LogP contribution in [0.15, 0.2) is 23.5 Å². The second kappa shape index (κ2) is 10.8. The smallest absolute Gasteiger partial charge is 0.191 e. The van der Waals surface area contributed by atoms with Gasteiger partial charge >= 0.3 is 0 Å². The van der Waals surface area contributed by atoms with Crippen LogP contribution in [0.4, 0.5) is 0 Å². The van der Waals surface area contributed by atoms with Crippen molar-refractivity contribution in [2.24, 2.45) is 18.0 Å². The molecule has 2 atom stereocenters. The van der Waals surface area contributed by atoms with E-state index in [9.17, 15) is 5.11 Å². The maximum Gasteiger partial charge on any atom is 0.191 e. The first-order valence-corrected chi connectivity index (χ1v) is 9.46. The van der Waals surface area contributed by atoms with Gasteiger partial charge in [0.25, 0.3) is 0 Å². The molecule has 2 heterocycles. The molecule has 2 aromatic rings. The number of hydrogen-bond donors (Lipinski definition) is 3. The number of aliphatic imine (C=N–C) groups is 1. The molecule has 2 rings (SSSR count). The Hall–Kier alpha value is -1.62. The first-order valence-electron chi connectivity index (χ1n) is 9.46. The monoisotopic (exact) mass is 503 g/mol. The third-order valence-corrected chi connectivity index (χ3v) is 4.42. The molecule has 0 bridgehead atoms. The van der Waals surface area contributed by atoms with Gasteiger partial charge in [-0.25, -0.2) is 4.99 Å². The summed E-state index contributed by atoms with van der Waals surface area (Å²) in [6.07, 6.45) is 3.48. The van der Waals surface area contributed by atoms with E-state index in [1.165, 1.54) is 5.69 Å². The molecule has 9 heteroatoms. The van der Waals surface area contributed by atoms with Crippen LogP contribution in [0.25, 0.3) is 0 Å². The summed E-state index contributed by atoms with van der Waals surface area (Å²) in [5.41, 5.74) is 1.90. The fourth-order valence-corrected chi connectivity index (χ4v) is 2.86. The average Bonchev–Trinajstić information content (AvgIpc) is 3.16. The lowest BCUT2D eigenvalue weighted by molar-refractivity contribution is 0.0671. The fourth-order valence-electron chi connectivity index (χ4n) is 2.86. The van der Waals surface area contributed by atoms with Crippen molar-refractivity contribution in [1.82, 2.24) is 30.2 Å². The van der Waals surface area contributed by atoms with Gasteiger partial charge in [-0.15, -0.1) is 24.0 Å². The molecule has 0 aromatic carbocycles. The summed E-state index contributed by atoms with van der Waals surface area (Å²) in [6.45, 7) is 12.7. The molecule has 0 radical (unpaired) electrons. The summed E-state index contributed by atoms with van der Waals surface area (Å²) in [4.78, 5) is 4.56. The minimum absolute atomic E-state index is 0. The largest absolute Gasteiger partial charge is 0.383 e. The molecule has 0 aliphatic carbocycles. The van der Waals surface area contributed by atoms with Crippen molar-refractivity contribution in [3.8, 4) is 0 Å². The predicted octanol–water partition coefficient (Wildman–Crippen LogP) is 1.95. The molecule has 0 saturated heterocycles. The predicted molar refractivity (Wildman–Crippen MR) is 123 cm³/mol. The van der Waals surface area contributed by atoms with Crippen molar-refractivity contribution in [1.29, 1.82) is 0 Å². The first kappa shape index (κ1) is 24.4. The van der Waals surface area contributed by atoms with Gasteiger partial charge in [0.1, 0.15) is 5.60 Å². The maximum absolute atomic E-state index is 10.7. The zero-order chi connectivity index (χ0) is 20.0. The van der Waals surface area contributed by atoms with E-state index in [4.69, 9.17) is 0 Å². The Morgan fingerprint density at radius 2 is 2.07 bits per heavy atom. The highest BCUT2D eigenvalue weighted by Gasteiger charge is 2.24. The molecule has 3 N–H and O–H groups in total. The Morgan fingerprint density at radius 1 is 1.36 bits per heavy atom. The van der Waals surface area contributed by atoms with Crippen LogP contribution in [-0.2, 0) is 19.2 Å². The topological polar surface area (TPSA) is 92.3 Å². The van der Waals surface area contributed by atoms with E-state index in [-0.39, 0.29) is 30.5 Å². The summed E-state index contributed by atoms with van der Waals surface area (Å²) in [6, 6.07) is 2.09. The Bertz CT molecular complexity index is 766. The summed E-state index contributed by atoms with van der Waals surface area (Å²) in [5, 5.41) is 25.9. The van der Waals surface area contributed by atoms with Crippen LogP contribution < -0.4 is 10.6 Å². The van der Waals surface area contributed by atoms with E-state index in [0.29, 0.717) is 11.9 Å². The van der Waals surface area contributed by atoms with Gasteiger partial charge < -0.3 is 15.7 Å². The summed E-state index contributed by atoms with van der Waals surface area (Å²) in [5.74, 6) is 1.08. The number of aryl methyl sites for hydroxylation is 3. The lowest BCUT2D eigenvalue weighted by Crippen LogP contribution is -2.41. The molecule has 0 aliphatic rings. The van der Waals surface area contributed by atoms with Gasteiger partial charge in [0.05, 0.1) is 18.4 Å². The number of aliphatic hydroxyl groups is 1. The number of halogens is 1. The van der Waals surface area contributed by atoms with Crippen molar-refractivity contribution >= 4 is 29.9 Å². The summed E-state index contributed by atoms with van der Waals surface area (Å²) >= 11 is 0. The van der Waals surface area contributed by atoms with Crippen LogP contribution in [0.5, 0.6) is 0 Å². The molecule has 158 valence electrons. The average molecular weight is 503 g/mol. The molecule has 28 heavy (non-hydrogen) atoms. The zero-order valence-corrected chi connectivity index (χ0v) is 20.1. The van der Waals surface area contributed by atoms with Crippen LogP contribution in [0.2, 0.25) is 0 Å². The normalized spacial score (nSPS) is 14.9. The molecule has 0 aliphatic heterocycles. The van der Waals surface area contributed by atoms with Gasteiger partial charge in [-0.1, -0.05) is 6.92 Å². The van der Waals surface area contributed by atoms with Crippen molar-refractivity contribution < 1.29 is 5.11 Å². The van der Waals surface area contributed by atoms with E-state index in [1.807, 2.05) is 31.8 Å². The van der Waals surface area contributed by atoms with Gasteiger partial charge in [0, 0.05) is 44.1 Å². The quantitative estimate of drug-likeness (QED) is 0.291. The van der Waals surface area contributed by atoms with E-state index in [2.05, 4.69) is 45.7 Å². The number of rotatable bonds is 8. The minimum Gasteiger partial charge on any atom is -0.383 e. The second-order valence-electron chi connectivity index (χ2n) is 7.47. The summed E-state index contributed by atoms with van der Waals surface area (Å²) in [7, 11) is 1.83. The molecule has 2 unspecified atom stereocenters. The van der Waals surface area contributed by atoms with E-state index >= 15 is 0 Å². The molecule has 0 spiro atoms. The van der Waals surface area contributed by atoms with Crippen molar-refractivity contribution in [2.75, 3.05) is 19.6 Å². The Kier molecular flexibility index (Phi) is 9.42. The number of guanidine groups is 1. The van der Waals surface area contributed by atoms with Crippen LogP contribution in [0.3, 0.4) is 0 Å². The van der Waals surface area contributed by atoms with Crippen molar-refractivity contribution in [2.45, 2.75) is 46.8 Å². The Balaban J connectivity index is 0.00000392. The lowest BCUT2D eigenvalue weighted by atomic mass is 10.0. The fraction of sp³-hybridized carbons (Fsp3) is 0.632. The van der Waals surface area contributed by atoms with E-state index < -0.39 is 5.60 Å². The number of hydrogen-bond acceptors (Lipinski definition) is 4. The molecule has 2 aromatic heterocycles. The van der Waals surface area contributed by atoms with Gasteiger partial charge in [0.15, 0.2) is 5.96 Å². The Morgan fingerprint density at radius 3 is 2.61 bits per heavy atom. The standard InChI is InChI=1S/C19H33N7O.HI/c1-7-20-18(22-13-19(5,27)17-10-23-25(6)12-17)21-9-14(2)11-26-16(4)8-15(3)24-26;/h8,10,12,14,27H,7,9,11,13H2,1-6H3,(H2,20,21,22);1H. The number of nitrogens with zero attached hydrogens (tertiary/aromatic N) is 5. The number of aromatic nitrogens is 4. The molecule has 8 nitrogen and oxygen atoms in total. The molecule has 0 amide bonds. The second-order valence-corrected chi connectivity index (χ2v) is 7.47. The van der Waals surface area contributed by atoms with Crippen molar-refractivity contribution in [3.05, 3.63) is 35.4 Å². The van der Waals surface area contributed by atoms with Crippen LogP contribution >= 0.6 is 24.0 Å². The molecular formula is C19H34IN7O. The van der Waals surface area contributed by atoms with E-state index in [1.54, 1.807) is 17.8 Å². The molecular weight excluding hydrogens is 469 g/mol. The van der Waals surface area contributed by atoms with E-state index in [0.717, 1.165) is 30.9 Å². The first-order chi connectivity index (χ1) is 12.7. The third kappa shape index (κ3) is 7.08. The highest BCUT2D eigenvalue weighted by atomic mass is 127. The van der Waals surface area contributed by atoms with Crippen LogP contribution in [0, 0.1) is 19.8 Å². The lowest BCUT2D eigenvalue weighted by Gasteiger charge is -2.21. The van der Waals surface area contributed by atoms with Gasteiger partial charge in [-0.05, 0) is 39.7 Å². The van der Waals surface area contributed by atoms with Crippen LogP contribution in [0.1, 0.15) is 37.7 Å². The molecule has 0 saturated carbocycles. The highest BCUT2D eigenvalue weighted by molar-refractivity contribution is 14.0. The van der Waals surface area contributed by atoms with Gasteiger partial charge in [-0.3, -0.25) is 9.36 Å². The van der Waals surface area contributed by atoms with Crippen molar-refractivity contribution in [3.63, 3.8) is 0 Å². The molecule has 0 fully saturated rings. The Labute approximate surface area is 184 Å². The summed E-state index contributed by atoms with van der Waals surface area (Å²) < 4.78 is 3.72. The third-order valence-electron chi connectivity index (χ3n) is 4.42. The SMILES string of the molecule is CCNC(=NCC(C)(O)c1cnn(C)c1)NCC(C)Cn1nc(C)cc1C.I. The van der Waals surface area contributed by atoms with Gasteiger partial charge in [-0.2, -0.15) is 10.2 Å². The zero-order valence-electron chi connectivity index (χ0n) is 17.7.